The van der Waals surface area contributed by atoms with Gasteiger partial charge in [-0.25, -0.2) is 8.78 Å². The quantitative estimate of drug-likeness (QED) is 0.524. The third-order valence-corrected chi connectivity index (χ3v) is 6.26. The maximum absolute atomic E-state index is 14.5. The largest absolute Gasteiger partial charge is 0.341 e. The normalized spacial score (nSPS) is 18.2. The number of anilines is 2. The Bertz CT molecular complexity index is 1170. The van der Waals surface area contributed by atoms with Gasteiger partial charge in [-0.05, 0) is 62.3 Å². The summed E-state index contributed by atoms with van der Waals surface area (Å²) in [6, 6.07) is 7.52. The number of halogens is 2. The molecular formula is C23H22F2N4O2S. The van der Waals surface area contributed by atoms with Crippen molar-refractivity contribution in [3.8, 4) is 0 Å². The van der Waals surface area contributed by atoms with E-state index in [9.17, 15) is 18.4 Å². The second kappa shape index (κ2) is 7.74. The van der Waals surface area contributed by atoms with Gasteiger partial charge in [0.25, 0.3) is 11.8 Å². The number of thiocarbonyl (C=S) groups is 1. The van der Waals surface area contributed by atoms with Crippen molar-refractivity contribution in [1.82, 2.24) is 4.90 Å². The molecule has 4 rings (SSSR count). The van der Waals surface area contributed by atoms with Crippen LogP contribution in [-0.4, -0.2) is 54.2 Å². The average Bonchev–Trinajstić information content (AvgIpc) is 2.91. The van der Waals surface area contributed by atoms with Crippen LogP contribution in [0.15, 0.2) is 35.3 Å². The van der Waals surface area contributed by atoms with Crippen LogP contribution in [-0.2, 0) is 11.2 Å². The highest BCUT2D eigenvalue weighted by Crippen LogP contribution is 2.38. The van der Waals surface area contributed by atoms with Crippen molar-refractivity contribution in [3.63, 3.8) is 0 Å². The summed E-state index contributed by atoms with van der Waals surface area (Å²) >= 11 is 5.59. The molecule has 0 aliphatic carbocycles. The van der Waals surface area contributed by atoms with E-state index in [4.69, 9.17) is 12.2 Å². The zero-order valence-electron chi connectivity index (χ0n) is 18.1. The molecule has 0 N–H and O–H groups in total. The van der Waals surface area contributed by atoms with Crippen molar-refractivity contribution in [2.45, 2.75) is 25.8 Å². The van der Waals surface area contributed by atoms with Crippen LogP contribution < -0.4 is 9.80 Å². The Hall–Kier alpha value is -3.20. The van der Waals surface area contributed by atoms with E-state index >= 15 is 0 Å². The van der Waals surface area contributed by atoms with Gasteiger partial charge in [0.05, 0.1) is 11.3 Å². The summed E-state index contributed by atoms with van der Waals surface area (Å²) in [5, 5.41) is 0.0762. The van der Waals surface area contributed by atoms with Crippen LogP contribution in [0.2, 0.25) is 0 Å². The number of hydrogen-bond acceptors (Lipinski definition) is 4. The minimum atomic E-state index is -1.13. The van der Waals surface area contributed by atoms with E-state index in [1.165, 1.54) is 7.05 Å². The molecule has 2 aromatic carbocycles. The minimum absolute atomic E-state index is 0.00685. The molecule has 1 fully saturated rings. The monoisotopic (exact) mass is 456 g/mol. The van der Waals surface area contributed by atoms with E-state index in [1.54, 1.807) is 36.8 Å². The molecule has 2 heterocycles. The lowest BCUT2D eigenvalue weighted by molar-refractivity contribution is -0.120. The van der Waals surface area contributed by atoms with E-state index in [-0.39, 0.29) is 22.3 Å². The Labute approximate surface area is 190 Å². The first kappa shape index (κ1) is 22.0. The molecule has 0 unspecified atom stereocenters. The number of nitrogens with zero attached hydrogens (tertiary/aromatic N) is 4. The molecule has 0 saturated carbocycles. The van der Waals surface area contributed by atoms with Gasteiger partial charge < -0.3 is 9.80 Å². The number of hydrogen-bond donors (Lipinski definition) is 0. The Morgan fingerprint density at radius 2 is 1.75 bits per heavy atom. The fraction of sp³-hybridized carbons (Fsp3) is 0.304. The average molecular weight is 457 g/mol. The second-order valence-electron chi connectivity index (χ2n) is 8.35. The lowest BCUT2D eigenvalue weighted by atomic mass is 9.97. The van der Waals surface area contributed by atoms with Gasteiger partial charge in [0.2, 0.25) is 0 Å². The van der Waals surface area contributed by atoms with Crippen LogP contribution in [0.5, 0.6) is 0 Å². The molecule has 166 valence electrons. The van der Waals surface area contributed by atoms with Crippen LogP contribution in [0.3, 0.4) is 0 Å². The van der Waals surface area contributed by atoms with Crippen molar-refractivity contribution in [2.24, 2.45) is 4.99 Å². The fourth-order valence-corrected chi connectivity index (χ4v) is 4.65. The van der Waals surface area contributed by atoms with Gasteiger partial charge in [-0.15, -0.1) is 0 Å². The highest BCUT2D eigenvalue weighted by atomic mass is 32.1. The summed E-state index contributed by atoms with van der Waals surface area (Å²) in [6.45, 7) is 4.00. The van der Waals surface area contributed by atoms with E-state index in [0.717, 1.165) is 35.2 Å². The zero-order valence-corrected chi connectivity index (χ0v) is 19.0. The minimum Gasteiger partial charge on any atom is -0.341 e. The van der Waals surface area contributed by atoms with Gasteiger partial charge in [0.15, 0.2) is 5.11 Å². The molecule has 2 aromatic rings. The molecule has 0 spiro atoms. The maximum atomic E-state index is 14.5. The van der Waals surface area contributed by atoms with E-state index in [0.29, 0.717) is 17.8 Å². The number of fused-ring (bicyclic) bond motifs is 1. The molecule has 32 heavy (non-hydrogen) atoms. The predicted octanol–water partition coefficient (Wildman–Crippen LogP) is 3.56. The second-order valence-corrected chi connectivity index (χ2v) is 8.71. The molecule has 6 nitrogen and oxygen atoms in total. The summed E-state index contributed by atoms with van der Waals surface area (Å²) in [5.74, 6) is -2.23. The van der Waals surface area contributed by atoms with Crippen molar-refractivity contribution in [3.05, 3.63) is 58.7 Å². The molecule has 2 aliphatic rings. The number of carbonyl (C=O) groups is 2. The summed E-state index contributed by atoms with van der Waals surface area (Å²) < 4.78 is 29.0. The SMILES string of the molecule is CN=Cc1c(F)cc(N2C(=O)C(C)(C)N(c3ccc4c(c3)C(=O)N(C)CC4)C2=S)cc1F. The number of amides is 2. The smallest absolute Gasteiger partial charge is 0.259 e. The van der Waals surface area contributed by atoms with Crippen LogP contribution in [0, 0.1) is 11.6 Å². The van der Waals surface area contributed by atoms with Gasteiger partial charge in [0.1, 0.15) is 17.2 Å². The lowest BCUT2D eigenvalue weighted by Gasteiger charge is -2.31. The topological polar surface area (TPSA) is 56.2 Å². The molecule has 2 amide bonds. The molecule has 0 bridgehead atoms. The first-order valence-electron chi connectivity index (χ1n) is 10.1. The number of benzene rings is 2. The van der Waals surface area contributed by atoms with Crippen LogP contribution in [0.25, 0.3) is 0 Å². The molecular weight excluding hydrogens is 434 g/mol. The summed E-state index contributed by atoms with van der Waals surface area (Å²) in [4.78, 5) is 34.0. The molecule has 0 aromatic heterocycles. The summed E-state index contributed by atoms with van der Waals surface area (Å²) in [5.41, 5.74) is 0.621. The molecule has 9 heteroatoms. The van der Waals surface area contributed by atoms with Crippen molar-refractivity contribution < 1.29 is 18.4 Å². The number of carbonyl (C=O) groups excluding carboxylic acids is 2. The van der Waals surface area contributed by atoms with Crippen LogP contribution >= 0.6 is 12.2 Å². The van der Waals surface area contributed by atoms with E-state index in [2.05, 4.69) is 4.99 Å². The summed E-state index contributed by atoms with van der Waals surface area (Å²) in [7, 11) is 3.15. The first-order chi connectivity index (χ1) is 15.1. The van der Waals surface area contributed by atoms with Crippen molar-refractivity contribution in [1.29, 1.82) is 0 Å². The molecule has 2 aliphatic heterocycles. The Balaban J connectivity index is 1.78. The highest BCUT2D eigenvalue weighted by Gasteiger charge is 2.50. The molecule has 1 saturated heterocycles. The highest BCUT2D eigenvalue weighted by molar-refractivity contribution is 7.81. The maximum Gasteiger partial charge on any atom is 0.259 e. The van der Waals surface area contributed by atoms with Crippen molar-refractivity contribution >= 4 is 46.7 Å². The fourth-order valence-electron chi connectivity index (χ4n) is 4.12. The van der Waals surface area contributed by atoms with E-state index < -0.39 is 23.1 Å². The van der Waals surface area contributed by atoms with Crippen LogP contribution in [0.1, 0.15) is 35.3 Å². The number of aliphatic imine (C=N–C) groups is 1. The predicted molar refractivity (Wildman–Crippen MR) is 124 cm³/mol. The number of likely N-dealkylation sites (N-methyl/N-ethyl adjacent to an activating group) is 1. The lowest BCUT2D eigenvalue weighted by Crippen LogP contribution is -2.44. The third-order valence-electron chi connectivity index (χ3n) is 5.89. The standard InChI is InChI=1S/C23H22F2N4O2S/c1-23(2)21(31)28(15-10-18(24)17(12-26-3)19(25)11-15)22(32)29(23)14-6-5-13-7-8-27(4)20(30)16(13)9-14/h5-6,9-12H,7-8H2,1-4H3. The van der Waals surface area contributed by atoms with Gasteiger partial charge in [-0.1, -0.05) is 6.07 Å². The van der Waals surface area contributed by atoms with Crippen molar-refractivity contribution in [2.75, 3.05) is 30.4 Å². The van der Waals surface area contributed by atoms with Gasteiger partial charge in [-0.2, -0.15) is 0 Å². The Kier molecular flexibility index (Phi) is 5.32. The van der Waals surface area contributed by atoms with Gasteiger partial charge in [-0.3, -0.25) is 19.5 Å². The Morgan fingerprint density at radius 1 is 1.09 bits per heavy atom. The Morgan fingerprint density at radius 3 is 2.38 bits per heavy atom. The van der Waals surface area contributed by atoms with Crippen LogP contribution in [0.4, 0.5) is 20.2 Å². The third kappa shape index (κ3) is 3.28. The van der Waals surface area contributed by atoms with Gasteiger partial charge >= 0.3 is 0 Å². The van der Waals surface area contributed by atoms with E-state index in [1.807, 2.05) is 12.1 Å². The molecule has 0 atom stereocenters. The van der Waals surface area contributed by atoms with Gasteiger partial charge in [0, 0.05) is 38.1 Å². The summed E-state index contributed by atoms with van der Waals surface area (Å²) in [6.07, 6.45) is 1.82. The number of rotatable bonds is 3. The first-order valence-corrected chi connectivity index (χ1v) is 10.5. The molecule has 0 radical (unpaired) electrons. The zero-order chi connectivity index (χ0) is 23.4.